The summed E-state index contributed by atoms with van der Waals surface area (Å²) >= 11 is 6.76. The number of hydrogen-bond donors (Lipinski definition) is 2. The minimum atomic E-state index is -0.496. The summed E-state index contributed by atoms with van der Waals surface area (Å²) < 4.78 is 13.3. The maximum atomic E-state index is 13.3. The summed E-state index contributed by atoms with van der Waals surface area (Å²) in [7, 11) is 0. The third kappa shape index (κ3) is 4.40. The van der Waals surface area contributed by atoms with E-state index in [2.05, 4.69) is 37.5 Å². The van der Waals surface area contributed by atoms with Crippen LogP contribution < -0.4 is 10.6 Å². The second-order valence-electron chi connectivity index (χ2n) is 8.04. The molecule has 1 heterocycles. The van der Waals surface area contributed by atoms with Gasteiger partial charge in [-0.05, 0) is 66.6 Å². The van der Waals surface area contributed by atoms with Crippen LogP contribution in [0.3, 0.4) is 0 Å². The van der Waals surface area contributed by atoms with E-state index in [9.17, 15) is 14.4 Å². The number of fused-ring (bicyclic) bond motifs is 1. The summed E-state index contributed by atoms with van der Waals surface area (Å²) in [6.07, 6.45) is 2.88. The van der Waals surface area contributed by atoms with E-state index in [4.69, 9.17) is 12.2 Å². The summed E-state index contributed by atoms with van der Waals surface area (Å²) in [5.41, 5.74) is 2.10. The van der Waals surface area contributed by atoms with E-state index in [1.807, 2.05) is 0 Å². The second kappa shape index (κ2) is 7.98. The van der Waals surface area contributed by atoms with Crippen LogP contribution in [-0.4, -0.2) is 11.0 Å². The van der Waals surface area contributed by atoms with Gasteiger partial charge < -0.3 is 5.32 Å². The number of rotatable bonds is 2. The van der Waals surface area contributed by atoms with Gasteiger partial charge in [0.05, 0.1) is 5.56 Å². The van der Waals surface area contributed by atoms with Crippen molar-refractivity contribution in [1.29, 1.82) is 5.26 Å². The Labute approximate surface area is 173 Å². The van der Waals surface area contributed by atoms with E-state index < -0.39 is 11.7 Å². The second-order valence-corrected chi connectivity index (χ2v) is 9.56. The van der Waals surface area contributed by atoms with Crippen molar-refractivity contribution >= 4 is 39.6 Å². The number of carbonyl (C=O) groups excluding carboxylic acids is 1. The molecule has 28 heavy (non-hydrogen) atoms. The summed E-state index contributed by atoms with van der Waals surface area (Å²) in [6.45, 7) is 6.74. The summed E-state index contributed by atoms with van der Waals surface area (Å²) in [5, 5.41) is 15.9. The first-order chi connectivity index (χ1) is 13.2. The van der Waals surface area contributed by atoms with Gasteiger partial charge in [0, 0.05) is 10.4 Å². The molecule has 0 saturated heterocycles. The van der Waals surface area contributed by atoms with Gasteiger partial charge in [-0.25, -0.2) is 4.39 Å². The Kier molecular flexibility index (Phi) is 5.82. The molecule has 1 aromatic heterocycles. The number of anilines is 1. The molecule has 0 saturated carbocycles. The van der Waals surface area contributed by atoms with Crippen molar-refractivity contribution in [3.8, 4) is 6.07 Å². The highest BCUT2D eigenvalue weighted by molar-refractivity contribution is 7.80. The molecule has 7 heteroatoms. The number of nitrogens with zero attached hydrogens (tertiary/aromatic N) is 1. The first kappa shape index (κ1) is 20.4. The van der Waals surface area contributed by atoms with Crippen LogP contribution in [0.4, 0.5) is 9.39 Å². The Hall–Kier alpha value is -2.30. The van der Waals surface area contributed by atoms with Crippen LogP contribution in [-0.2, 0) is 12.8 Å². The molecule has 1 aromatic carbocycles. The lowest BCUT2D eigenvalue weighted by Crippen LogP contribution is -2.34. The van der Waals surface area contributed by atoms with Crippen LogP contribution in [0.15, 0.2) is 24.3 Å². The van der Waals surface area contributed by atoms with Crippen molar-refractivity contribution in [2.75, 3.05) is 5.32 Å². The summed E-state index contributed by atoms with van der Waals surface area (Å²) in [5.74, 6) is -0.417. The molecule has 0 bridgehead atoms. The van der Waals surface area contributed by atoms with E-state index in [0.717, 1.165) is 30.9 Å². The lowest BCUT2D eigenvalue weighted by molar-refractivity contribution is 0.0977. The van der Waals surface area contributed by atoms with Crippen LogP contribution >= 0.6 is 23.6 Å². The van der Waals surface area contributed by atoms with Gasteiger partial charge in [-0.3, -0.25) is 10.1 Å². The lowest BCUT2D eigenvalue weighted by atomic mass is 9.72. The molecule has 3 rings (SSSR count). The molecule has 1 aliphatic rings. The number of amides is 1. The molecule has 0 unspecified atom stereocenters. The topological polar surface area (TPSA) is 64.9 Å². The van der Waals surface area contributed by atoms with E-state index in [0.29, 0.717) is 16.5 Å². The zero-order valence-corrected chi connectivity index (χ0v) is 17.7. The van der Waals surface area contributed by atoms with Crippen molar-refractivity contribution in [1.82, 2.24) is 5.32 Å². The molecule has 0 aliphatic heterocycles. The van der Waals surface area contributed by atoms with Gasteiger partial charge in [0.15, 0.2) is 5.11 Å². The highest BCUT2D eigenvalue weighted by atomic mass is 32.1. The van der Waals surface area contributed by atoms with Gasteiger partial charge in [-0.1, -0.05) is 26.8 Å². The van der Waals surface area contributed by atoms with Crippen molar-refractivity contribution < 1.29 is 9.18 Å². The van der Waals surface area contributed by atoms with Gasteiger partial charge in [-0.2, -0.15) is 5.26 Å². The number of benzene rings is 1. The number of thiocarbonyl (C=S) groups is 1. The smallest absolute Gasteiger partial charge is 0.257 e. The number of thiophene rings is 1. The number of halogens is 1. The van der Waals surface area contributed by atoms with Crippen molar-refractivity contribution in [3.05, 3.63) is 51.7 Å². The molecule has 146 valence electrons. The Morgan fingerprint density at radius 1 is 1.39 bits per heavy atom. The van der Waals surface area contributed by atoms with Gasteiger partial charge in [0.1, 0.15) is 16.9 Å². The number of nitriles is 1. The summed E-state index contributed by atoms with van der Waals surface area (Å²) in [4.78, 5) is 13.4. The van der Waals surface area contributed by atoms with Crippen molar-refractivity contribution in [2.24, 2.45) is 11.3 Å². The monoisotopic (exact) mass is 415 g/mol. The Morgan fingerprint density at radius 2 is 2.14 bits per heavy atom. The Bertz CT molecular complexity index is 969. The minimum Gasteiger partial charge on any atom is -0.323 e. The van der Waals surface area contributed by atoms with Crippen LogP contribution in [0.5, 0.6) is 0 Å². The fourth-order valence-electron chi connectivity index (χ4n) is 3.47. The third-order valence-corrected chi connectivity index (χ3v) is 6.52. The van der Waals surface area contributed by atoms with E-state index in [1.54, 1.807) is 0 Å². The minimum absolute atomic E-state index is 0.0942. The highest BCUT2D eigenvalue weighted by Crippen LogP contribution is 2.43. The molecule has 1 amide bonds. The Morgan fingerprint density at radius 3 is 2.79 bits per heavy atom. The average Bonchev–Trinajstić information content (AvgIpc) is 2.96. The van der Waals surface area contributed by atoms with Gasteiger partial charge in [0.25, 0.3) is 5.91 Å². The van der Waals surface area contributed by atoms with Crippen molar-refractivity contribution in [3.63, 3.8) is 0 Å². The molecular formula is C21H22FN3OS2. The van der Waals surface area contributed by atoms with Gasteiger partial charge in [0.2, 0.25) is 0 Å². The molecule has 1 atom stereocenters. The zero-order valence-electron chi connectivity index (χ0n) is 16.1. The van der Waals surface area contributed by atoms with Crippen LogP contribution in [0, 0.1) is 28.5 Å². The van der Waals surface area contributed by atoms with Gasteiger partial charge >= 0.3 is 0 Å². The first-order valence-corrected chi connectivity index (χ1v) is 10.3. The predicted molar refractivity (Wildman–Crippen MR) is 114 cm³/mol. The molecule has 4 nitrogen and oxygen atoms in total. The largest absolute Gasteiger partial charge is 0.323 e. The van der Waals surface area contributed by atoms with E-state index >= 15 is 0 Å². The molecule has 0 spiro atoms. The van der Waals surface area contributed by atoms with Gasteiger partial charge in [-0.15, -0.1) is 11.3 Å². The quantitative estimate of drug-likeness (QED) is 0.675. The van der Waals surface area contributed by atoms with Crippen LogP contribution in [0.2, 0.25) is 0 Å². The molecular weight excluding hydrogens is 393 g/mol. The highest BCUT2D eigenvalue weighted by Gasteiger charge is 2.32. The normalized spacial score (nSPS) is 16.0. The maximum Gasteiger partial charge on any atom is 0.257 e. The molecule has 2 N–H and O–H groups in total. The lowest BCUT2D eigenvalue weighted by Gasteiger charge is -2.33. The van der Waals surface area contributed by atoms with Crippen molar-refractivity contribution in [2.45, 2.75) is 40.0 Å². The molecule has 2 aromatic rings. The number of carbonyl (C=O) groups is 1. The van der Waals surface area contributed by atoms with Crippen LogP contribution in [0.1, 0.15) is 53.6 Å². The fourth-order valence-corrected chi connectivity index (χ4v) is 5.01. The standard InChI is InChI=1S/C21H22FN3OS2/c1-21(2,3)13-7-8-15-16(11-23)19(28-17(15)10-13)25-20(27)24-18(26)12-5-4-6-14(22)9-12/h4-6,9,13H,7-8,10H2,1-3H3,(H2,24,25,26,27)/t13-/m1/s1. The first-order valence-electron chi connectivity index (χ1n) is 9.11. The predicted octanol–water partition coefficient (Wildman–Crippen LogP) is 5.04. The number of nitrogens with one attached hydrogen (secondary N) is 2. The zero-order chi connectivity index (χ0) is 20.5. The fraction of sp³-hybridized carbons (Fsp3) is 0.381. The number of hydrogen-bond acceptors (Lipinski definition) is 4. The van der Waals surface area contributed by atoms with E-state index in [-0.39, 0.29) is 16.1 Å². The van der Waals surface area contributed by atoms with Crippen LogP contribution in [0.25, 0.3) is 0 Å². The van der Waals surface area contributed by atoms with E-state index in [1.165, 1.54) is 34.4 Å². The SMILES string of the molecule is CC(C)(C)[C@@H]1CCc2c(sc(NC(=S)NC(=O)c3cccc(F)c3)c2C#N)C1. The molecule has 0 radical (unpaired) electrons. The third-order valence-electron chi connectivity index (χ3n) is 5.14. The molecule has 1 aliphatic carbocycles. The average molecular weight is 416 g/mol. The maximum absolute atomic E-state index is 13.3. The Balaban J connectivity index is 1.74. The molecule has 0 fully saturated rings. The summed E-state index contributed by atoms with van der Waals surface area (Å²) in [6, 6.07) is 7.68.